The minimum absolute atomic E-state index is 0.274. The quantitative estimate of drug-likeness (QED) is 0.704. The van der Waals surface area contributed by atoms with Crippen molar-refractivity contribution in [2.24, 2.45) is 5.92 Å². The van der Waals surface area contributed by atoms with Gasteiger partial charge in [-0.15, -0.1) is 0 Å². The molecular weight excluding hydrogens is 282 g/mol. The molecule has 0 radical (unpaired) electrons. The lowest BCUT2D eigenvalue weighted by Crippen LogP contribution is -2.45. The van der Waals surface area contributed by atoms with Crippen molar-refractivity contribution in [2.45, 2.75) is 18.2 Å². The van der Waals surface area contributed by atoms with Gasteiger partial charge >= 0.3 is 0 Å². The fraction of sp³-hybridized carbons (Fsp3) is 0.889. The third kappa shape index (κ3) is 4.10. The molecule has 0 N–H and O–H groups in total. The van der Waals surface area contributed by atoms with E-state index in [9.17, 15) is 13.2 Å². The van der Waals surface area contributed by atoms with Crippen molar-refractivity contribution >= 4 is 31.7 Å². The Morgan fingerprint density at radius 2 is 2.13 bits per heavy atom. The van der Waals surface area contributed by atoms with Crippen LogP contribution in [-0.4, -0.2) is 49.2 Å². The van der Waals surface area contributed by atoms with Gasteiger partial charge in [-0.25, -0.2) is 8.42 Å². The highest BCUT2D eigenvalue weighted by Crippen LogP contribution is 2.23. The number of hydrogen-bond donors (Lipinski definition) is 0. The average Bonchev–Trinajstić information content (AvgIpc) is 2.06. The smallest absolute Gasteiger partial charge is 0.237 e. The van der Waals surface area contributed by atoms with Crippen LogP contribution in [0.3, 0.4) is 0 Å². The molecule has 1 amide bonds. The Bertz CT molecular complexity index is 341. The van der Waals surface area contributed by atoms with Gasteiger partial charge in [-0.3, -0.25) is 4.79 Å². The molecule has 1 fully saturated rings. The highest BCUT2D eigenvalue weighted by Gasteiger charge is 2.28. The van der Waals surface area contributed by atoms with Gasteiger partial charge in [0.15, 0.2) is 9.84 Å². The summed E-state index contributed by atoms with van der Waals surface area (Å²) in [7, 11) is -3.21. The highest BCUT2D eigenvalue weighted by molar-refractivity contribution is 9.09. The second-order valence-electron chi connectivity index (χ2n) is 4.19. The number of hydrogen-bond acceptors (Lipinski definition) is 3. The number of halogens is 1. The van der Waals surface area contributed by atoms with Crippen molar-refractivity contribution in [3.8, 4) is 0 Å². The average molecular weight is 298 g/mol. The molecule has 0 aromatic heterocycles. The summed E-state index contributed by atoms with van der Waals surface area (Å²) < 4.78 is 21.9. The fourth-order valence-electron chi connectivity index (χ4n) is 1.66. The predicted molar refractivity (Wildman–Crippen MR) is 62.8 cm³/mol. The lowest BCUT2D eigenvalue weighted by atomic mass is 10.0. The number of nitrogens with zero attached hydrogens (tertiary/aromatic N) is 1. The van der Waals surface area contributed by atoms with Crippen molar-refractivity contribution in [2.75, 3.05) is 25.1 Å². The monoisotopic (exact) mass is 297 g/mol. The maximum atomic E-state index is 11.6. The first-order valence-electron chi connectivity index (χ1n) is 4.89. The van der Waals surface area contributed by atoms with Crippen LogP contribution < -0.4 is 0 Å². The minimum Gasteiger partial charge on any atom is -0.341 e. The number of alkyl halides is 1. The second kappa shape index (κ2) is 4.82. The van der Waals surface area contributed by atoms with Gasteiger partial charge in [0.25, 0.3) is 0 Å². The minimum atomic E-state index is -3.21. The van der Waals surface area contributed by atoms with Crippen LogP contribution in [0.2, 0.25) is 0 Å². The molecule has 88 valence electrons. The summed E-state index contributed by atoms with van der Waals surface area (Å²) >= 11 is 3.54. The summed E-state index contributed by atoms with van der Waals surface area (Å²) in [6, 6.07) is 0. The van der Waals surface area contributed by atoms with Crippen molar-refractivity contribution in [1.29, 1.82) is 0 Å². The van der Waals surface area contributed by atoms with Gasteiger partial charge in [0.2, 0.25) is 5.91 Å². The molecule has 0 bridgehead atoms. The van der Waals surface area contributed by atoms with Crippen LogP contribution in [0.4, 0.5) is 0 Å². The van der Waals surface area contributed by atoms with E-state index < -0.39 is 9.84 Å². The molecule has 0 aromatic rings. The summed E-state index contributed by atoms with van der Waals surface area (Å²) in [6.07, 6.45) is 1.97. The Hall–Kier alpha value is -0.100. The largest absolute Gasteiger partial charge is 0.341 e. The van der Waals surface area contributed by atoms with Crippen LogP contribution in [0, 0.1) is 5.92 Å². The molecule has 1 saturated heterocycles. The van der Waals surface area contributed by atoms with Gasteiger partial charge < -0.3 is 4.90 Å². The normalized spacial score (nSPS) is 27.8. The van der Waals surface area contributed by atoms with E-state index in [1.165, 1.54) is 0 Å². The van der Waals surface area contributed by atoms with Crippen LogP contribution in [0.1, 0.15) is 13.3 Å². The number of amides is 1. The molecule has 0 aliphatic carbocycles. The van der Waals surface area contributed by atoms with Crippen molar-refractivity contribution in [3.05, 3.63) is 0 Å². The van der Waals surface area contributed by atoms with E-state index in [0.29, 0.717) is 23.8 Å². The van der Waals surface area contributed by atoms with Crippen LogP contribution in [0.25, 0.3) is 0 Å². The molecule has 0 saturated carbocycles. The van der Waals surface area contributed by atoms with E-state index in [1.54, 1.807) is 4.90 Å². The third-order valence-electron chi connectivity index (χ3n) is 2.54. The lowest BCUT2D eigenvalue weighted by molar-refractivity contribution is -0.129. The van der Waals surface area contributed by atoms with Gasteiger partial charge in [0.05, 0.1) is 0 Å². The van der Waals surface area contributed by atoms with Gasteiger partial charge in [-0.1, -0.05) is 22.9 Å². The first-order valence-corrected chi connectivity index (χ1v) is 7.87. The van der Waals surface area contributed by atoms with Crippen LogP contribution in [0.5, 0.6) is 0 Å². The zero-order valence-corrected chi connectivity index (χ0v) is 11.3. The first kappa shape index (κ1) is 13.0. The summed E-state index contributed by atoms with van der Waals surface area (Å²) in [5.41, 5.74) is 0. The van der Waals surface area contributed by atoms with Crippen LogP contribution in [-0.2, 0) is 14.6 Å². The number of carbonyl (C=O) groups excluding carboxylic acids is 1. The number of carbonyl (C=O) groups is 1. The first-order chi connectivity index (χ1) is 6.79. The molecule has 1 rings (SSSR count). The highest BCUT2D eigenvalue weighted by atomic mass is 79.9. The summed E-state index contributed by atoms with van der Waals surface area (Å²) in [5.74, 6) is -0.266. The Morgan fingerprint density at radius 1 is 1.53 bits per heavy atom. The summed E-state index contributed by atoms with van der Waals surface area (Å²) in [6.45, 7) is 3.35. The number of rotatable bonds is 2. The zero-order chi connectivity index (χ0) is 11.6. The molecule has 6 heteroatoms. The zero-order valence-electron chi connectivity index (χ0n) is 8.94. The third-order valence-corrected chi connectivity index (χ3v) is 4.67. The molecule has 2 unspecified atom stereocenters. The van der Waals surface area contributed by atoms with Gasteiger partial charge in [-0.2, -0.15) is 0 Å². The standard InChI is InChI=1S/C9H16BrNO3S/c1-7-5-11(4-3-8(7)10)9(12)6-15(2,13)14/h7-8H,3-6H2,1-2H3. The maximum Gasteiger partial charge on any atom is 0.237 e. The van der Waals surface area contributed by atoms with Gasteiger partial charge in [-0.05, 0) is 12.3 Å². The molecular formula is C9H16BrNO3S. The van der Waals surface area contributed by atoms with Crippen LogP contribution in [0.15, 0.2) is 0 Å². The molecule has 2 atom stereocenters. The van der Waals surface area contributed by atoms with Crippen molar-refractivity contribution in [1.82, 2.24) is 4.90 Å². The lowest BCUT2D eigenvalue weighted by Gasteiger charge is -2.34. The van der Waals surface area contributed by atoms with Crippen molar-refractivity contribution in [3.63, 3.8) is 0 Å². The number of sulfone groups is 1. The second-order valence-corrected chi connectivity index (χ2v) is 7.51. The summed E-state index contributed by atoms with van der Waals surface area (Å²) in [4.78, 5) is 13.7. The van der Waals surface area contributed by atoms with E-state index in [0.717, 1.165) is 12.7 Å². The molecule has 1 aliphatic rings. The van der Waals surface area contributed by atoms with Crippen molar-refractivity contribution < 1.29 is 13.2 Å². The van der Waals surface area contributed by atoms with Gasteiger partial charge in [0.1, 0.15) is 5.75 Å². The van der Waals surface area contributed by atoms with Gasteiger partial charge in [0, 0.05) is 24.2 Å². The Balaban J connectivity index is 2.55. The van der Waals surface area contributed by atoms with E-state index >= 15 is 0 Å². The van der Waals surface area contributed by atoms with E-state index in [4.69, 9.17) is 0 Å². The predicted octanol–water partition coefficient (Wildman–Crippen LogP) is 0.663. The van der Waals surface area contributed by atoms with E-state index in [1.807, 2.05) is 0 Å². The molecule has 15 heavy (non-hydrogen) atoms. The topological polar surface area (TPSA) is 54.5 Å². The Labute approximate surface area is 99.1 Å². The fourth-order valence-corrected chi connectivity index (χ4v) is 2.66. The van der Waals surface area contributed by atoms with Crippen LogP contribution >= 0.6 is 15.9 Å². The molecule has 1 heterocycles. The number of piperidine rings is 1. The number of likely N-dealkylation sites (tertiary alicyclic amines) is 1. The SMILES string of the molecule is CC1CN(C(=O)CS(C)(=O)=O)CCC1Br. The Kier molecular flexibility index (Phi) is 4.17. The van der Waals surface area contributed by atoms with E-state index in [-0.39, 0.29) is 11.7 Å². The molecule has 4 nitrogen and oxygen atoms in total. The molecule has 1 aliphatic heterocycles. The molecule has 0 aromatic carbocycles. The van der Waals surface area contributed by atoms with E-state index in [2.05, 4.69) is 22.9 Å². The summed E-state index contributed by atoms with van der Waals surface area (Å²) in [5, 5.41) is 0. The Morgan fingerprint density at radius 3 is 2.60 bits per heavy atom. The maximum absolute atomic E-state index is 11.6. The molecule has 0 spiro atoms.